The van der Waals surface area contributed by atoms with E-state index in [4.69, 9.17) is 4.74 Å². The summed E-state index contributed by atoms with van der Waals surface area (Å²) in [5.41, 5.74) is 0.791. The first-order valence-electron chi connectivity index (χ1n) is 6.52. The first kappa shape index (κ1) is 16.2. The van der Waals surface area contributed by atoms with Crippen LogP contribution in [0.4, 0.5) is 5.69 Å². The number of hydrogen-bond acceptors (Lipinski definition) is 4. The molecule has 19 heavy (non-hydrogen) atoms. The number of likely N-dealkylation sites (N-methyl/N-ethyl adjacent to an activating group) is 1. The van der Waals surface area contributed by atoms with Gasteiger partial charge in [0, 0.05) is 38.6 Å². The van der Waals surface area contributed by atoms with Crippen molar-refractivity contribution >= 4 is 21.6 Å². The maximum absolute atomic E-state index is 11.9. The molecular weight excluding hydrogens is 310 g/mol. The molecule has 0 bridgehead atoms. The van der Waals surface area contributed by atoms with Crippen LogP contribution >= 0.6 is 15.9 Å². The molecule has 0 N–H and O–H groups in total. The average Bonchev–Trinajstić information content (AvgIpc) is 2.42. The van der Waals surface area contributed by atoms with E-state index in [0.717, 1.165) is 36.8 Å². The zero-order valence-corrected chi connectivity index (χ0v) is 13.2. The first-order chi connectivity index (χ1) is 9.19. The van der Waals surface area contributed by atoms with Crippen LogP contribution in [0.1, 0.15) is 19.3 Å². The summed E-state index contributed by atoms with van der Waals surface area (Å²) in [6.45, 7) is 2.06. The highest BCUT2D eigenvalue weighted by atomic mass is 79.9. The minimum Gasteiger partial charge on any atom is -0.383 e. The summed E-state index contributed by atoms with van der Waals surface area (Å²) in [5, 5.41) is 5.23. The summed E-state index contributed by atoms with van der Waals surface area (Å²) in [4.78, 5) is 13.9. The molecule has 0 fully saturated rings. The molecule has 0 radical (unpaired) electrons. The van der Waals surface area contributed by atoms with Crippen LogP contribution in [0.2, 0.25) is 0 Å². The number of rotatable bonds is 9. The molecule has 0 aliphatic rings. The maximum Gasteiger partial charge on any atom is 0.268 e. The summed E-state index contributed by atoms with van der Waals surface area (Å²) < 4.78 is 6.54. The van der Waals surface area contributed by atoms with E-state index in [1.807, 2.05) is 11.9 Å². The van der Waals surface area contributed by atoms with Crippen LogP contribution in [0.3, 0.4) is 0 Å². The highest BCUT2D eigenvalue weighted by Gasteiger charge is 2.04. The molecule has 0 atom stereocenters. The number of anilines is 1. The van der Waals surface area contributed by atoms with Crippen molar-refractivity contribution in [1.82, 2.24) is 9.78 Å². The van der Waals surface area contributed by atoms with E-state index in [1.165, 1.54) is 4.68 Å². The molecule has 0 saturated heterocycles. The van der Waals surface area contributed by atoms with Gasteiger partial charge in [-0.1, -0.05) is 22.4 Å². The topological polar surface area (TPSA) is 47.4 Å². The zero-order chi connectivity index (χ0) is 14.1. The molecule has 5 nitrogen and oxygen atoms in total. The highest BCUT2D eigenvalue weighted by molar-refractivity contribution is 9.09. The number of methoxy groups -OCH3 is 1. The van der Waals surface area contributed by atoms with Crippen molar-refractivity contribution in [3.05, 3.63) is 22.6 Å². The van der Waals surface area contributed by atoms with Crippen LogP contribution in [-0.2, 0) is 11.3 Å². The van der Waals surface area contributed by atoms with Crippen LogP contribution in [0.15, 0.2) is 17.1 Å². The molecule has 0 amide bonds. The SMILES string of the molecule is COCCN(C)c1cnn(CCCCCBr)c(=O)c1. The highest BCUT2D eigenvalue weighted by Crippen LogP contribution is 2.06. The Labute approximate surface area is 122 Å². The van der Waals surface area contributed by atoms with Gasteiger partial charge in [-0.3, -0.25) is 4.79 Å². The predicted molar refractivity (Wildman–Crippen MR) is 81.3 cm³/mol. The molecule has 108 valence electrons. The van der Waals surface area contributed by atoms with Crippen molar-refractivity contribution in [1.29, 1.82) is 0 Å². The lowest BCUT2D eigenvalue weighted by Crippen LogP contribution is -2.27. The minimum atomic E-state index is -0.0411. The van der Waals surface area contributed by atoms with E-state index < -0.39 is 0 Å². The van der Waals surface area contributed by atoms with Gasteiger partial charge in [0.1, 0.15) is 0 Å². The number of hydrogen-bond donors (Lipinski definition) is 0. The fourth-order valence-electron chi connectivity index (χ4n) is 1.69. The number of halogens is 1. The molecule has 1 aromatic rings. The molecule has 0 saturated carbocycles. The molecule has 6 heteroatoms. The Morgan fingerprint density at radius 3 is 2.84 bits per heavy atom. The third-order valence-corrected chi connectivity index (χ3v) is 3.49. The average molecular weight is 332 g/mol. The van der Waals surface area contributed by atoms with Crippen LogP contribution in [0.25, 0.3) is 0 Å². The number of aromatic nitrogens is 2. The van der Waals surface area contributed by atoms with E-state index in [9.17, 15) is 4.79 Å². The van der Waals surface area contributed by atoms with E-state index in [1.54, 1.807) is 19.4 Å². The van der Waals surface area contributed by atoms with Crippen molar-refractivity contribution in [2.24, 2.45) is 0 Å². The largest absolute Gasteiger partial charge is 0.383 e. The van der Waals surface area contributed by atoms with Crippen molar-refractivity contribution in [3.63, 3.8) is 0 Å². The molecule has 1 aromatic heterocycles. The number of ether oxygens (including phenoxy) is 1. The molecule has 0 aliphatic heterocycles. The standard InChI is InChI=1S/C13H22BrN3O2/c1-16(8-9-19-2)12-10-13(18)17(15-11-12)7-5-3-4-6-14/h10-11H,3-9H2,1-2H3. The second-order valence-corrected chi connectivity index (χ2v) is 5.23. The van der Waals surface area contributed by atoms with Gasteiger partial charge in [0.25, 0.3) is 5.56 Å². The lowest BCUT2D eigenvalue weighted by molar-refractivity contribution is 0.206. The second-order valence-electron chi connectivity index (χ2n) is 4.44. The smallest absolute Gasteiger partial charge is 0.268 e. The van der Waals surface area contributed by atoms with Crippen LogP contribution < -0.4 is 10.5 Å². The maximum atomic E-state index is 11.9. The van der Waals surface area contributed by atoms with Crippen molar-refractivity contribution in [2.75, 3.05) is 37.5 Å². The quantitative estimate of drug-likeness (QED) is 0.512. The Hall–Kier alpha value is -0.880. The third kappa shape index (κ3) is 5.74. The van der Waals surface area contributed by atoms with Crippen LogP contribution in [-0.4, -0.2) is 42.4 Å². The van der Waals surface area contributed by atoms with Gasteiger partial charge in [0.05, 0.1) is 18.5 Å². The number of alkyl halides is 1. The fourth-order valence-corrected chi connectivity index (χ4v) is 2.09. The molecule has 0 spiro atoms. The van der Waals surface area contributed by atoms with Gasteiger partial charge in [-0.15, -0.1) is 0 Å². The summed E-state index contributed by atoms with van der Waals surface area (Å²) in [6.07, 6.45) is 4.96. The van der Waals surface area contributed by atoms with E-state index in [0.29, 0.717) is 13.2 Å². The molecule has 1 rings (SSSR count). The third-order valence-electron chi connectivity index (χ3n) is 2.93. The summed E-state index contributed by atoms with van der Waals surface area (Å²) in [6, 6.07) is 1.63. The number of unbranched alkanes of at least 4 members (excludes halogenated alkanes) is 2. The Balaban J connectivity index is 2.56. The Morgan fingerprint density at radius 2 is 2.21 bits per heavy atom. The summed E-state index contributed by atoms with van der Waals surface area (Å²) >= 11 is 3.40. The number of nitrogens with zero attached hydrogens (tertiary/aromatic N) is 3. The molecular formula is C13H22BrN3O2. The monoisotopic (exact) mass is 331 g/mol. The summed E-state index contributed by atoms with van der Waals surface area (Å²) in [5.74, 6) is 0. The van der Waals surface area contributed by atoms with Gasteiger partial charge in [-0.05, 0) is 12.8 Å². The van der Waals surface area contributed by atoms with Gasteiger partial charge >= 0.3 is 0 Å². The van der Waals surface area contributed by atoms with Gasteiger partial charge in [-0.2, -0.15) is 5.10 Å². The van der Waals surface area contributed by atoms with Gasteiger partial charge in [-0.25, -0.2) is 4.68 Å². The fraction of sp³-hybridized carbons (Fsp3) is 0.692. The first-order valence-corrected chi connectivity index (χ1v) is 7.64. The van der Waals surface area contributed by atoms with E-state index in [2.05, 4.69) is 21.0 Å². The van der Waals surface area contributed by atoms with Gasteiger partial charge < -0.3 is 9.64 Å². The van der Waals surface area contributed by atoms with E-state index in [-0.39, 0.29) is 5.56 Å². The van der Waals surface area contributed by atoms with E-state index >= 15 is 0 Å². The molecule has 0 aliphatic carbocycles. The Bertz CT molecular complexity index is 423. The Kier molecular flexibility index (Phi) is 7.74. The Morgan fingerprint density at radius 1 is 1.42 bits per heavy atom. The second kappa shape index (κ2) is 9.09. The number of aryl methyl sites for hydroxylation is 1. The normalized spacial score (nSPS) is 10.7. The van der Waals surface area contributed by atoms with Crippen molar-refractivity contribution < 1.29 is 4.74 Å². The summed E-state index contributed by atoms with van der Waals surface area (Å²) in [7, 11) is 3.59. The molecule has 1 heterocycles. The minimum absolute atomic E-state index is 0.0411. The molecule has 0 aromatic carbocycles. The van der Waals surface area contributed by atoms with Gasteiger partial charge in [0.2, 0.25) is 0 Å². The zero-order valence-electron chi connectivity index (χ0n) is 11.6. The van der Waals surface area contributed by atoms with Crippen molar-refractivity contribution in [2.45, 2.75) is 25.8 Å². The lowest BCUT2D eigenvalue weighted by atomic mass is 10.2. The van der Waals surface area contributed by atoms with Crippen molar-refractivity contribution in [3.8, 4) is 0 Å². The van der Waals surface area contributed by atoms with Crippen LogP contribution in [0.5, 0.6) is 0 Å². The predicted octanol–water partition coefficient (Wildman–Crippen LogP) is 1.89. The van der Waals surface area contributed by atoms with Gasteiger partial charge in [0.15, 0.2) is 0 Å². The lowest BCUT2D eigenvalue weighted by Gasteiger charge is -2.18. The van der Waals surface area contributed by atoms with Crippen LogP contribution in [0, 0.1) is 0 Å². The molecule has 0 unspecified atom stereocenters.